The number of carbonyl (C=O) groups is 1. The molecule has 2 aromatic carbocycles. The van der Waals surface area contributed by atoms with Crippen molar-refractivity contribution in [1.82, 2.24) is 0 Å². The van der Waals surface area contributed by atoms with E-state index in [1.54, 1.807) is 12.1 Å². The minimum absolute atomic E-state index is 0.0965. The van der Waals surface area contributed by atoms with E-state index in [0.29, 0.717) is 12.3 Å². The highest BCUT2D eigenvalue weighted by molar-refractivity contribution is 5.96. The zero-order chi connectivity index (χ0) is 28.2. The Bertz CT molecular complexity index is 1180. The molecule has 214 valence electrons. The number of Topliss-reactive ketones (excluding diaryl/α,β-unsaturated/α-hetero) is 1. The number of carbonyl (C=O) groups excluding carboxylic acids is 1. The van der Waals surface area contributed by atoms with Crippen LogP contribution < -0.4 is 0 Å². The lowest BCUT2D eigenvalue weighted by Gasteiger charge is -2.32. The fraction of sp³-hybridized carbons (Fsp3) is 0.514. The molecule has 0 N–H and O–H groups in total. The third-order valence-corrected chi connectivity index (χ3v) is 9.00. The Labute approximate surface area is 241 Å². The van der Waals surface area contributed by atoms with Gasteiger partial charge in [0.05, 0.1) is 0 Å². The molecule has 2 aromatic rings. The van der Waals surface area contributed by atoms with E-state index < -0.39 is 0 Å². The molecular weight excluding hydrogens is 493 g/mol. The van der Waals surface area contributed by atoms with Gasteiger partial charge in [0.15, 0.2) is 5.78 Å². The zero-order valence-electron chi connectivity index (χ0n) is 24.8. The summed E-state index contributed by atoms with van der Waals surface area (Å²) >= 11 is 0. The highest BCUT2D eigenvalue weighted by Crippen LogP contribution is 2.48. The lowest BCUT2D eigenvalue weighted by atomic mass is 9.74. The first-order valence-corrected chi connectivity index (χ1v) is 15.8. The molecule has 0 radical (unpaired) electrons. The van der Waals surface area contributed by atoms with Gasteiger partial charge in [-0.05, 0) is 75.5 Å². The van der Waals surface area contributed by atoms with Gasteiger partial charge in [-0.1, -0.05) is 112 Å². The van der Waals surface area contributed by atoms with E-state index >= 15 is 0 Å². The summed E-state index contributed by atoms with van der Waals surface area (Å²) in [6.07, 6.45) is 22.9. The molecule has 1 saturated carbocycles. The summed E-state index contributed by atoms with van der Waals surface area (Å²) in [6.45, 7) is 4.32. The summed E-state index contributed by atoms with van der Waals surface area (Å²) in [6, 6.07) is 15.3. The molecule has 0 spiro atoms. The largest absolute Gasteiger partial charge is 0.294 e. The average molecular weight is 542 g/mol. The van der Waals surface area contributed by atoms with Crippen LogP contribution in [0.25, 0.3) is 0 Å². The van der Waals surface area contributed by atoms with E-state index in [-0.39, 0.29) is 17.0 Å². The third-order valence-electron chi connectivity index (χ3n) is 9.00. The van der Waals surface area contributed by atoms with Crippen molar-refractivity contribution in [2.24, 2.45) is 10.9 Å². The van der Waals surface area contributed by atoms with Gasteiger partial charge in [-0.15, -0.1) is 0 Å². The molecule has 0 saturated heterocycles. The third kappa shape index (κ3) is 8.12. The van der Waals surface area contributed by atoms with E-state index in [1.807, 2.05) is 36.4 Å². The Hall–Kier alpha value is -2.81. The lowest BCUT2D eigenvalue weighted by molar-refractivity contribution is 0.0978. The van der Waals surface area contributed by atoms with Crippen molar-refractivity contribution in [1.29, 1.82) is 0 Å². The predicted octanol–water partition coefficient (Wildman–Crippen LogP) is 10.7. The van der Waals surface area contributed by atoms with Crippen LogP contribution in [0.1, 0.15) is 125 Å². The number of hydrogen-bond donors (Lipinski definition) is 0. The van der Waals surface area contributed by atoms with Crippen LogP contribution in [-0.2, 0) is 5.41 Å². The van der Waals surface area contributed by atoms with E-state index in [0.717, 1.165) is 80.3 Å². The second-order valence-electron chi connectivity index (χ2n) is 12.0. The van der Waals surface area contributed by atoms with Gasteiger partial charge in [-0.25, -0.2) is 4.39 Å². The number of ketones is 1. The van der Waals surface area contributed by atoms with E-state index in [2.05, 4.69) is 32.1 Å². The van der Waals surface area contributed by atoms with Gasteiger partial charge in [-0.3, -0.25) is 9.79 Å². The van der Waals surface area contributed by atoms with Crippen LogP contribution in [-0.4, -0.2) is 11.5 Å². The normalized spacial score (nSPS) is 17.6. The van der Waals surface area contributed by atoms with Gasteiger partial charge in [0.1, 0.15) is 5.82 Å². The number of allylic oxidation sites excluding steroid dienone is 4. The molecule has 2 aliphatic rings. The molecule has 0 amide bonds. The first-order valence-electron chi connectivity index (χ1n) is 15.8. The number of hydrogen-bond acceptors (Lipinski definition) is 2. The molecule has 4 rings (SSSR count). The van der Waals surface area contributed by atoms with Crippen LogP contribution in [0.4, 0.5) is 4.39 Å². The fourth-order valence-electron chi connectivity index (χ4n) is 6.61. The lowest BCUT2D eigenvalue weighted by Crippen LogP contribution is -2.27. The zero-order valence-corrected chi connectivity index (χ0v) is 24.8. The summed E-state index contributed by atoms with van der Waals surface area (Å²) in [4.78, 5) is 17.6. The molecule has 0 bridgehead atoms. The molecular formula is C37H48FNO. The molecule has 3 heteroatoms. The van der Waals surface area contributed by atoms with E-state index in [9.17, 15) is 9.18 Å². The van der Waals surface area contributed by atoms with Crippen LogP contribution in [0.2, 0.25) is 0 Å². The number of unbranched alkanes of at least 4 members (excludes halogenated alkanes) is 2. The van der Waals surface area contributed by atoms with Gasteiger partial charge in [0.2, 0.25) is 0 Å². The Morgan fingerprint density at radius 3 is 2.50 bits per heavy atom. The van der Waals surface area contributed by atoms with Gasteiger partial charge in [0, 0.05) is 28.8 Å². The molecule has 1 fully saturated rings. The second-order valence-corrected chi connectivity index (χ2v) is 12.0. The van der Waals surface area contributed by atoms with Crippen molar-refractivity contribution in [3.8, 4) is 0 Å². The molecule has 0 aromatic heterocycles. The second kappa shape index (κ2) is 15.3. The molecule has 1 atom stereocenters. The number of benzene rings is 2. The summed E-state index contributed by atoms with van der Waals surface area (Å²) in [5, 5.41) is 0. The number of aryl methyl sites for hydroxylation is 1. The smallest absolute Gasteiger partial charge is 0.162 e. The van der Waals surface area contributed by atoms with Crippen molar-refractivity contribution in [3.05, 3.63) is 95.0 Å². The average Bonchev–Trinajstić information content (AvgIpc) is 3.47. The van der Waals surface area contributed by atoms with Crippen LogP contribution in [0, 0.1) is 18.7 Å². The van der Waals surface area contributed by atoms with Gasteiger partial charge >= 0.3 is 0 Å². The minimum Gasteiger partial charge on any atom is -0.294 e. The minimum atomic E-state index is -0.267. The number of rotatable bonds is 15. The molecule has 1 heterocycles. The Morgan fingerprint density at radius 1 is 1.00 bits per heavy atom. The first kappa shape index (κ1) is 30.2. The summed E-state index contributed by atoms with van der Waals surface area (Å²) < 4.78 is 14.9. The maximum atomic E-state index is 14.9. The van der Waals surface area contributed by atoms with Crippen molar-refractivity contribution >= 4 is 11.5 Å². The fourth-order valence-corrected chi connectivity index (χ4v) is 6.61. The topological polar surface area (TPSA) is 29.4 Å². The first-order chi connectivity index (χ1) is 19.5. The van der Waals surface area contributed by atoms with Crippen LogP contribution >= 0.6 is 0 Å². The molecule has 40 heavy (non-hydrogen) atoms. The van der Waals surface area contributed by atoms with Crippen molar-refractivity contribution in [2.75, 3.05) is 0 Å². The highest BCUT2D eigenvalue weighted by Gasteiger charge is 2.41. The van der Waals surface area contributed by atoms with Crippen molar-refractivity contribution in [2.45, 2.75) is 116 Å². The monoisotopic (exact) mass is 541 g/mol. The molecule has 1 aliphatic carbocycles. The molecule has 1 unspecified atom stereocenters. The van der Waals surface area contributed by atoms with E-state index in [1.165, 1.54) is 37.7 Å². The van der Waals surface area contributed by atoms with Crippen LogP contribution in [0.15, 0.2) is 77.4 Å². The quantitative estimate of drug-likeness (QED) is 0.163. The van der Waals surface area contributed by atoms with Crippen LogP contribution in [0.3, 0.4) is 0 Å². The van der Waals surface area contributed by atoms with Gasteiger partial charge in [0.25, 0.3) is 0 Å². The number of nitrogens with zero attached hydrogens (tertiary/aromatic N) is 1. The predicted molar refractivity (Wildman–Crippen MR) is 167 cm³/mol. The Morgan fingerprint density at radius 2 is 1.75 bits per heavy atom. The van der Waals surface area contributed by atoms with Crippen molar-refractivity contribution in [3.63, 3.8) is 0 Å². The maximum Gasteiger partial charge on any atom is 0.162 e. The number of halogens is 1. The van der Waals surface area contributed by atoms with Gasteiger partial charge < -0.3 is 0 Å². The van der Waals surface area contributed by atoms with E-state index in [4.69, 9.17) is 4.99 Å². The van der Waals surface area contributed by atoms with Crippen molar-refractivity contribution < 1.29 is 9.18 Å². The Kier molecular flexibility index (Phi) is 11.5. The van der Waals surface area contributed by atoms with Crippen LogP contribution in [0.5, 0.6) is 0 Å². The Balaban J connectivity index is 1.28. The SMILES string of the molecule is CCCCC(CCC=CC1=NC(C2(c3ccccc3F)CCCC2)=CCC1)CCCCC(=O)c1ccc(C)cc1. The summed E-state index contributed by atoms with van der Waals surface area (Å²) in [7, 11) is 0. The molecule has 1 aliphatic heterocycles. The number of aliphatic imine (C=N–C) groups is 1. The van der Waals surface area contributed by atoms with Gasteiger partial charge in [-0.2, -0.15) is 0 Å². The molecule has 2 nitrogen and oxygen atoms in total. The highest BCUT2D eigenvalue weighted by atomic mass is 19.1. The summed E-state index contributed by atoms with van der Waals surface area (Å²) in [5.41, 5.74) is 4.82. The standard InChI is InChI=1S/C37H48FNO/c1-3-4-14-30(16-6-10-21-35(40)31-25-23-29(2)24-26-31)15-5-7-17-32-18-13-22-36(39-32)37(27-11-12-28-37)33-19-8-9-20-34(33)38/h7-9,17,19-20,22-26,30H,3-6,10-16,18,21,27-28H2,1-2H3. The maximum absolute atomic E-state index is 14.9. The summed E-state index contributed by atoms with van der Waals surface area (Å²) in [5.74, 6) is 0.885.